The summed E-state index contributed by atoms with van der Waals surface area (Å²) in [5.74, 6) is -5.38. The van der Waals surface area contributed by atoms with E-state index in [0.717, 1.165) is 4.90 Å². The maximum absolute atomic E-state index is 12.5. The third-order valence-corrected chi connectivity index (χ3v) is 6.02. The first-order chi connectivity index (χ1) is 16.3. The molecule has 5 N–H and O–H groups in total. The molecule has 0 saturated carbocycles. The topological polar surface area (TPSA) is 176 Å². The first-order valence-corrected chi connectivity index (χ1v) is 10.7. The number of thioether (sulfide) groups is 1. The van der Waals surface area contributed by atoms with Gasteiger partial charge < -0.3 is 26.0 Å². The van der Waals surface area contributed by atoms with Gasteiger partial charge in [0.25, 0.3) is 5.91 Å². The fourth-order valence-electron chi connectivity index (χ4n) is 3.04. The quantitative estimate of drug-likeness (QED) is 0.308. The van der Waals surface area contributed by atoms with E-state index in [4.69, 9.17) is 20.4 Å². The molecule has 1 aromatic carbocycles. The van der Waals surface area contributed by atoms with Crippen molar-refractivity contribution in [2.75, 3.05) is 12.4 Å². The Morgan fingerprint density at radius 2 is 1.80 bits per heavy atom. The summed E-state index contributed by atoms with van der Waals surface area (Å²) in [4.78, 5) is 57.6. The van der Waals surface area contributed by atoms with E-state index in [1.807, 2.05) is 0 Å². The molecule has 3 atom stereocenters. The fraction of sp³-hybridized carbons (Fsp3) is 0.350. The summed E-state index contributed by atoms with van der Waals surface area (Å²) in [6.07, 6.45) is -5.08. The highest BCUT2D eigenvalue weighted by Gasteiger charge is 2.54. The van der Waals surface area contributed by atoms with Crippen molar-refractivity contribution in [2.45, 2.75) is 30.6 Å². The Bertz CT molecular complexity index is 1050. The van der Waals surface area contributed by atoms with Crippen LogP contribution in [0.1, 0.15) is 18.5 Å². The lowest BCUT2D eigenvalue weighted by Gasteiger charge is -2.49. The van der Waals surface area contributed by atoms with Gasteiger partial charge >= 0.3 is 24.1 Å². The predicted octanol–water partition coefficient (Wildman–Crippen LogP) is 0.621. The van der Waals surface area contributed by atoms with Crippen LogP contribution in [0.4, 0.5) is 13.2 Å². The lowest BCUT2D eigenvalue weighted by molar-refractivity contribution is -0.192. The summed E-state index contributed by atoms with van der Waals surface area (Å²) in [7, 11) is 0. The highest BCUT2D eigenvalue weighted by molar-refractivity contribution is 8.00. The number of nitrogens with zero attached hydrogens (tertiary/aromatic N) is 1. The van der Waals surface area contributed by atoms with Crippen molar-refractivity contribution in [3.05, 3.63) is 47.2 Å². The van der Waals surface area contributed by atoms with Crippen molar-refractivity contribution in [1.29, 1.82) is 0 Å². The predicted molar refractivity (Wildman–Crippen MR) is 113 cm³/mol. The molecule has 11 nitrogen and oxygen atoms in total. The van der Waals surface area contributed by atoms with Gasteiger partial charge in [0.2, 0.25) is 5.91 Å². The molecular weight excluding hydrogens is 499 g/mol. The van der Waals surface area contributed by atoms with Gasteiger partial charge in [-0.3, -0.25) is 19.3 Å². The van der Waals surface area contributed by atoms with Gasteiger partial charge in [-0.25, -0.2) is 9.59 Å². The van der Waals surface area contributed by atoms with Gasteiger partial charge in [0, 0.05) is 18.2 Å². The number of fused-ring (bicyclic) bond motifs is 1. The van der Waals surface area contributed by atoms with Crippen molar-refractivity contribution in [3.63, 3.8) is 0 Å². The molecule has 190 valence electrons. The highest BCUT2D eigenvalue weighted by Crippen LogP contribution is 2.40. The summed E-state index contributed by atoms with van der Waals surface area (Å²) in [5, 5.41) is 18.7. The molecule has 15 heteroatoms. The minimum atomic E-state index is -5.08. The number of benzene rings is 1. The smallest absolute Gasteiger partial charge is 0.477 e. The number of carbonyl (C=O) groups is 5. The Balaban J connectivity index is 0.000000540. The molecule has 0 spiro atoms. The fourth-order valence-corrected chi connectivity index (χ4v) is 4.37. The molecule has 3 rings (SSSR count). The van der Waals surface area contributed by atoms with Crippen LogP contribution in [0.3, 0.4) is 0 Å². The van der Waals surface area contributed by atoms with Crippen molar-refractivity contribution in [2.24, 2.45) is 5.73 Å². The summed E-state index contributed by atoms with van der Waals surface area (Å²) in [6, 6.07) is 6.92. The molecule has 1 fully saturated rings. The molecule has 2 amide bonds. The highest BCUT2D eigenvalue weighted by atomic mass is 32.2. The van der Waals surface area contributed by atoms with Gasteiger partial charge in [-0.1, -0.05) is 30.3 Å². The van der Waals surface area contributed by atoms with Crippen LogP contribution in [0.15, 0.2) is 41.6 Å². The molecule has 0 radical (unpaired) electrons. The number of ether oxygens (including phenoxy) is 1. The number of hydrogen-bond acceptors (Lipinski definition) is 8. The average Bonchev–Trinajstić information content (AvgIpc) is 2.79. The Hall–Kier alpha value is -3.59. The number of nitrogens with one attached hydrogen (secondary N) is 1. The maximum atomic E-state index is 12.5. The molecule has 1 unspecified atom stereocenters. The second-order valence-electron chi connectivity index (χ2n) is 7.12. The average molecular weight is 519 g/mol. The summed E-state index contributed by atoms with van der Waals surface area (Å²) in [6.45, 7) is 1.02. The van der Waals surface area contributed by atoms with Gasteiger partial charge in [0.1, 0.15) is 29.8 Å². The minimum Gasteiger partial charge on any atom is -0.477 e. The Morgan fingerprint density at radius 1 is 1.23 bits per heavy atom. The molecule has 2 heterocycles. The number of halogens is 3. The third-order valence-electron chi connectivity index (χ3n) is 4.68. The van der Waals surface area contributed by atoms with Crippen LogP contribution in [0.25, 0.3) is 0 Å². The Labute approximate surface area is 200 Å². The molecule has 1 aromatic rings. The summed E-state index contributed by atoms with van der Waals surface area (Å²) in [5.41, 5.74) is 6.69. The van der Waals surface area contributed by atoms with Crippen LogP contribution in [-0.4, -0.2) is 74.8 Å². The zero-order chi connectivity index (χ0) is 26.5. The number of carboxylic acids is 2. The van der Waals surface area contributed by atoms with Crippen LogP contribution >= 0.6 is 11.8 Å². The van der Waals surface area contributed by atoms with E-state index in [1.165, 1.54) is 18.7 Å². The molecule has 0 aromatic heterocycles. The van der Waals surface area contributed by atoms with Gasteiger partial charge in [-0.15, -0.1) is 11.8 Å². The van der Waals surface area contributed by atoms with Gasteiger partial charge in [-0.2, -0.15) is 13.2 Å². The zero-order valence-corrected chi connectivity index (χ0v) is 18.8. The summed E-state index contributed by atoms with van der Waals surface area (Å²) >= 11 is 1.29. The molecule has 2 aliphatic rings. The third kappa shape index (κ3) is 6.73. The number of esters is 1. The number of alkyl halides is 3. The first kappa shape index (κ1) is 27.7. The molecular formula is C20H20F3N3O8S. The zero-order valence-electron chi connectivity index (χ0n) is 17.9. The molecule has 0 bridgehead atoms. The number of carboxylic acid groups (broad SMARTS) is 2. The van der Waals surface area contributed by atoms with Crippen LogP contribution in [0.5, 0.6) is 0 Å². The van der Waals surface area contributed by atoms with Crippen molar-refractivity contribution in [3.8, 4) is 0 Å². The first-order valence-electron chi connectivity index (χ1n) is 9.70. The Kier molecular flexibility index (Phi) is 8.87. The number of amides is 2. The Morgan fingerprint density at radius 3 is 2.29 bits per heavy atom. The molecule has 0 aliphatic carbocycles. The van der Waals surface area contributed by atoms with Crippen molar-refractivity contribution < 1.29 is 52.1 Å². The number of carbonyl (C=O) groups excluding carboxylic acids is 3. The molecule has 1 saturated heterocycles. The van der Waals surface area contributed by atoms with Crippen molar-refractivity contribution in [1.82, 2.24) is 10.2 Å². The number of β-lactam (4-membered cyclic amide) rings is 1. The lowest BCUT2D eigenvalue weighted by atomic mass is 10.0. The second kappa shape index (κ2) is 11.2. The van der Waals surface area contributed by atoms with E-state index >= 15 is 0 Å². The maximum Gasteiger partial charge on any atom is 0.490 e. The number of nitrogens with two attached hydrogens (primary N) is 1. The monoisotopic (exact) mass is 519 g/mol. The van der Waals surface area contributed by atoms with E-state index in [2.05, 4.69) is 5.32 Å². The minimum absolute atomic E-state index is 0.198. The van der Waals surface area contributed by atoms with Crippen LogP contribution in [0.2, 0.25) is 0 Å². The molecule has 35 heavy (non-hydrogen) atoms. The second-order valence-corrected chi connectivity index (χ2v) is 8.23. The SMILES string of the molecule is CC(=O)OCC1=C(C(=O)O)N2C(=O)[C@@H](NC(=O)C(N)c3ccccc3)[C@H]2SC1.O=C(O)C(F)(F)F. The van der Waals surface area contributed by atoms with E-state index < -0.39 is 53.4 Å². The van der Waals surface area contributed by atoms with Crippen LogP contribution in [-0.2, 0) is 28.7 Å². The van der Waals surface area contributed by atoms with E-state index in [1.54, 1.807) is 30.3 Å². The standard InChI is InChI=1S/C18H19N3O6S.C2HF3O2/c1-9(22)27-7-11-8-28-17-13(16(24)21(17)14(11)18(25)26)20-15(23)12(19)10-5-3-2-4-6-10;3-2(4,5)1(6)7/h2-6,12-13,17H,7-8,19H2,1H3,(H,20,23)(H,25,26);(H,6,7)/t12?,13-,17-;/m1./s1. The van der Waals surface area contributed by atoms with Crippen LogP contribution < -0.4 is 11.1 Å². The lowest BCUT2D eigenvalue weighted by Crippen LogP contribution is -2.71. The van der Waals surface area contributed by atoms with E-state index in [0.29, 0.717) is 11.1 Å². The van der Waals surface area contributed by atoms with Gasteiger partial charge in [0.15, 0.2) is 0 Å². The van der Waals surface area contributed by atoms with Gasteiger partial charge in [-0.05, 0) is 5.56 Å². The van der Waals surface area contributed by atoms with Crippen molar-refractivity contribution >= 4 is 41.5 Å². The number of hydrogen-bond donors (Lipinski definition) is 4. The number of aliphatic carboxylic acids is 2. The van der Waals surface area contributed by atoms with E-state index in [-0.39, 0.29) is 18.1 Å². The molecule has 2 aliphatic heterocycles. The largest absolute Gasteiger partial charge is 0.490 e. The van der Waals surface area contributed by atoms with Gasteiger partial charge in [0.05, 0.1) is 0 Å². The van der Waals surface area contributed by atoms with Crippen LogP contribution in [0, 0.1) is 0 Å². The summed E-state index contributed by atoms with van der Waals surface area (Å²) < 4.78 is 36.6. The van der Waals surface area contributed by atoms with E-state index in [9.17, 15) is 37.5 Å². The normalized spacial score (nSPS) is 19.9. The number of rotatable bonds is 6.